The van der Waals surface area contributed by atoms with Crippen LogP contribution < -0.4 is 0 Å². The molecule has 20 nitrogen and oxygen atoms in total. The van der Waals surface area contributed by atoms with E-state index in [4.69, 9.17) is 52.1 Å². The molecule has 6 aliphatic heterocycles. The topological polar surface area (TPSA) is 268 Å². The second-order valence-corrected chi connectivity index (χ2v) is 22.2. The number of carbonyl (C=O) groups is 5. The van der Waals surface area contributed by atoms with Crippen LogP contribution >= 0.6 is 0 Å². The van der Waals surface area contributed by atoms with Crippen LogP contribution in [0.15, 0.2) is 48.6 Å². The van der Waals surface area contributed by atoms with Crippen molar-refractivity contribution in [2.24, 2.45) is 11.8 Å². The van der Waals surface area contributed by atoms with E-state index in [0.29, 0.717) is 38.5 Å². The van der Waals surface area contributed by atoms with Gasteiger partial charge < -0.3 is 72.5 Å². The number of ketones is 5. The van der Waals surface area contributed by atoms with Gasteiger partial charge >= 0.3 is 0 Å². The summed E-state index contributed by atoms with van der Waals surface area (Å²) in [4.78, 5) is 67.0. The fourth-order valence-electron chi connectivity index (χ4n) is 12.6. The number of aromatic hydroxyl groups is 1. The molecule has 0 radical (unpaired) electrons. The number of aliphatic hydroxyl groups is 3. The number of phenolic OH excluding ortho intramolecular Hbond substituents is 1. The average Bonchev–Trinajstić information content (AvgIpc) is 3.35. The van der Waals surface area contributed by atoms with Gasteiger partial charge in [0.25, 0.3) is 0 Å². The molecule has 20 heteroatoms. The third kappa shape index (κ3) is 10.3. The minimum Gasteiger partial charge on any atom is -0.507 e. The van der Waals surface area contributed by atoms with E-state index < -0.39 is 138 Å². The Morgan fingerprint density at radius 3 is 1.73 bits per heavy atom. The van der Waals surface area contributed by atoms with Crippen LogP contribution in [-0.4, -0.2) is 165 Å². The number of hydrogen-bond acceptors (Lipinski definition) is 20. The number of fused-ring (bicyclic) bond motifs is 4. The van der Waals surface area contributed by atoms with E-state index in [1.807, 2.05) is 20.8 Å². The van der Waals surface area contributed by atoms with Crippen molar-refractivity contribution in [2.75, 3.05) is 0 Å². The van der Waals surface area contributed by atoms with Gasteiger partial charge in [-0.3, -0.25) is 24.0 Å². The van der Waals surface area contributed by atoms with Crippen molar-refractivity contribution in [1.29, 1.82) is 0 Å². The van der Waals surface area contributed by atoms with Gasteiger partial charge in [0.05, 0.1) is 77.9 Å². The largest absolute Gasteiger partial charge is 0.507 e. The third-order valence-electron chi connectivity index (χ3n) is 16.7. The molecule has 6 heterocycles. The third-order valence-corrected chi connectivity index (χ3v) is 16.7. The molecule has 0 bridgehead atoms. The predicted octanol–water partition coefficient (Wildman–Crippen LogP) is 4.24. The highest BCUT2D eigenvalue weighted by Gasteiger charge is 2.70. The van der Waals surface area contributed by atoms with E-state index in [0.717, 1.165) is 0 Å². The van der Waals surface area contributed by atoms with Crippen LogP contribution in [0.4, 0.5) is 0 Å². The highest BCUT2D eigenvalue weighted by Crippen LogP contribution is 2.55. The maximum atomic E-state index is 14.6. The lowest BCUT2D eigenvalue weighted by atomic mass is 9.52. The molecule has 9 aliphatic rings. The number of carbonyl (C=O) groups excluding carboxylic acids is 5. The minimum absolute atomic E-state index is 0.0416. The molecular formula is C55H70O20. The first-order valence-electron chi connectivity index (χ1n) is 26.5. The molecule has 3 aliphatic carbocycles. The minimum atomic E-state index is -2.72. The predicted molar refractivity (Wildman–Crippen MR) is 258 cm³/mol. The van der Waals surface area contributed by atoms with Crippen molar-refractivity contribution in [3.8, 4) is 5.75 Å². The fourth-order valence-corrected chi connectivity index (χ4v) is 12.6. The number of aliphatic hydroxyl groups excluding tert-OH is 1. The lowest BCUT2D eigenvalue weighted by molar-refractivity contribution is -0.309. The zero-order valence-electron chi connectivity index (χ0n) is 43.3. The van der Waals surface area contributed by atoms with E-state index in [2.05, 4.69) is 0 Å². The second kappa shape index (κ2) is 21.0. The summed E-state index contributed by atoms with van der Waals surface area (Å²) in [7, 11) is 0. The van der Waals surface area contributed by atoms with Crippen LogP contribution in [0.5, 0.6) is 5.75 Å². The molecule has 1 aromatic rings. The van der Waals surface area contributed by atoms with Crippen molar-refractivity contribution in [3.63, 3.8) is 0 Å². The van der Waals surface area contributed by atoms with E-state index >= 15 is 0 Å². The summed E-state index contributed by atoms with van der Waals surface area (Å²) in [5, 5.41) is 48.0. The molecule has 0 spiro atoms. The molecule has 5 fully saturated rings. The van der Waals surface area contributed by atoms with Gasteiger partial charge in [0.15, 0.2) is 66.0 Å². The lowest BCUT2D eigenvalue weighted by Gasteiger charge is -2.56. The highest BCUT2D eigenvalue weighted by atomic mass is 16.7. The Morgan fingerprint density at radius 2 is 1.17 bits per heavy atom. The smallest absolute Gasteiger partial charge is 0.184 e. The normalized spacial score (nSPS) is 46.1. The average molecular weight is 1050 g/mol. The number of benzene rings is 1. The Morgan fingerprint density at radius 1 is 0.627 bits per heavy atom. The Labute approximate surface area is 434 Å². The van der Waals surface area contributed by atoms with Gasteiger partial charge in [-0.1, -0.05) is 24.3 Å². The Kier molecular flexibility index (Phi) is 15.2. The van der Waals surface area contributed by atoms with Gasteiger partial charge in [-0.15, -0.1) is 0 Å². The SMILES string of the molecule is CC1OC(OC2CCC(OC3CCC(OC4(C)CC(=O)C5(O)C6C(=O)c7ccc(C8CC(O)C(OC9CCC(OC%10C=CC(=O)C(C)O%10)C(C)O9)C(C)O8)c(O)c7C(=O)C6C=CC5(O)C4)OC3C)OC2C)C=CC1=O. The monoisotopic (exact) mass is 1050 g/mol. The van der Waals surface area contributed by atoms with Crippen LogP contribution in [0.3, 0.4) is 0 Å². The zero-order chi connectivity index (χ0) is 53.5. The van der Waals surface area contributed by atoms with Crippen molar-refractivity contribution in [1.82, 2.24) is 0 Å². The number of phenols is 1. The van der Waals surface area contributed by atoms with Crippen LogP contribution in [-0.2, 0) is 66.5 Å². The van der Waals surface area contributed by atoms with Crippen molar-refractivity contribution in [3.05, 3.63) is 65.3 Å². The molecule has 4 saturated heterocycles. The zero-order valence-corrected chi connectivity index (χ0v) is 43.3. The Balaban J connectivity index is 0.743. The van der Waals surface area contributed by atoms with Crippen molar-refractivity contribution in [2.45, 2.75) is 228 Å². The summed E-state index contributed by atoms with van der Waals surface area (Å²) in [5.74, 6) is -6.30. The summed E-state index contributed by atoms with van der Waals surface area (Å²) in [6, 6.07) is 2.77. The summed E-state index contributed by atoms with van der Waals surface area (Å²) >= 11 is 0. The van der Waals surface area contributed by atoms with Crippen LogP contribution in [0.1, 0.15) is 139 Å². The molecule has 0 aromatic heterocycles. The number of allylic oxidation sites excluding steroid dienone is 1. The summed E-state index contributed by atoms with van der Waals surface area (Å²) < 4.78 is 67.4. The van der Waals surface area contributed by atoms with Gasteiger partial charge in [-0.2, -0.15) is 0 Å². The molecule has 1 aromatic carbocycles. The number of Topliss-reactive ketones (excluding diaryl/α,β-unsaturated/α-hetero) is 3. The summed E-state index contributed by atoms with van der Waals surface area (Å²) in [6.45, 7) is 12.3. The summed E-state index contributed by atoms with van der Waals surface area (Å²) in [6.07, 6.45) is 0.690. The van der Waals surface area contributed by atoms with E-state index in [1.54, 1.807) is 39.8 Å². The van der Waals surface area contributed by atoms with Gasteiger partial charge in [0.1, 0.15) is 29.7 Å². The number of hydrogen-bond donors (Lipinski definition) is 4. The number of rotatable bonds is 11. The molecule has 4 N–H and O–H groups in total. The van der Waals surface area contributed by atoms with Gasteiger partial charge in [0, 0.05) is 49.7 Å². The Bertz CT molecular complexity index is 2480. The lowest BCUT2D eigenvalue weighted by Crippen LogP contribution is -2.74. The first-order chi connectivity index (χ1) is 35.5. The summed E-state index contributed by atoms with van der Waals surface area (Å²) in [5.41, 5.74) is -6.79. The first-order valence-corrected chi connectivity index (χ1v) is 26.5. The molecule has 1 saturated carbocycles. The molecular weight excluding hydrogens is 981 g/mol. The molecule has 22 unspecified atom stereocenters. The van der Waals surface area contributed by atoms with E-state index in [9.17, 15) is 44.4 Å². The fraction of sp³-hybridized carbons (Fsp3) is 0.691. The van der Waals surface area contributed by atoms with Crippen molar-refractivity contribution < 1.29 is 96.5 Å². The maximum absolute atomic E-state index is 14.6. The Hall–Kier alpha value is -3.97. The standard InChI is InChI=1S/C55H70O20/c1-25-34(56)10-15-42(66-25)71-37-12-17-44(68-27(37)3)73-39-14-19-46(70-29(39)5)75-53(7)23-41(59)55(64)48-33(20-21-54(55,63)24-53)50(61)47-32(51(48)62)9-8-31(49(47)60)40-22-36(58)52(30(6)65-40)74-45-18-13-38(28(4)69-45)72-43-16-11-35(57)26(2)67-43/h8-11,15-16,20-21,25-30,33,36-40,42-46,48,52,58,60,63-64H,12-14,17-19,22-24H2,1-7H3. The van der Waals surface area contributed by atoms with Crippen LogP contribution in [0.25, 0.3) is 0 Å². The molecule has 0 amide bonds. The highest BCUT2D eigenvalue weighted by molar-refractivity contribution is 6.20. The van der Waals surface area contributed by atoms with Gasteiger partial charge in [0.2, 0.25) is 0 Å². The molecule has 22 atom stereocenters. The second-order valence-electron chi connectivity index (χ2n) is 22.2. The molecule has 75 heavy (non-hydrogen) atoms. The van der Waals surface area contributed by atoms with Crippen molar-refractivity contribution >= 4 is 28.9 Å². The molecule has 10 rings (SSSR count). The first kappa shape index (κ1) is 54.4. The number of ether oxygens (including phenoxy) is 11. The van der Waals surface area contributed by atoms with Crippen LogP contribution in [0.2, 0.25) is 0 Å². The quantitative estimate of drug-likeness (QED) is 0.226. The maximum Gasteiger partial charge on any atom is 0.184 e. The van der Waals surface area contributed by atoms with Gasteiger partial charge in [-0.25, -0.2) is 0 Å². The van der Waals surface area contributed by atoms with Crippen LogP contribution in [0, 0.1) is 11.8 Å². The molecule has 410 valence electrons. The van der Waals surface area contributed by atoms with E-state index in [1.165, 1.54) is 36.4 Å². The van der Waals surface area contributed by atoms with Gasteiger partial charge in [-0.05, 0) is 92.0 Å². The van der Waals surface area contributed by atoms with E-state index in [-0.39, 0.29) is 65.5 Å².